The largest absolute Gasteiger partial charge is 0.497 e. The number of methoxy groups -OCH3 is 1. The Morgan fingerprint density at radius 3 is 2.86 bits per heavy atom. The molecule has 4 rings (SSSR count). The molecule has 9 heteroatoms. The van der Waals surface area contributed by atoms with Gasteiger partial charge < -0.3 is 30.3 Å². The van der Waals surface area contributed by atoms with E-state index in [4.69, 9.17) is 15.2 Å². The molecule has 3 N–H and O–H groups in total. The van der Waals surface area contributed by atoms with Crippen LogP contribution in [0, 0.1) is 0 Å². The van der Waals surface area contributed by atoms with E-state index in [9.17, 15) is 4.79 Å². The number of carbonyl (C=O) groups is 1. The number of amides is 1. The summed E-state index contributed by atoms with van der Waals surface area (Å²) >= 11 is 0. The first kappa shape index (κ1) is 19.3. The lowest BCUT2D eigenvalue weighted by atomic mass is 10.2. The van der Waals surface area contributed by atoms with Gasteiger partial charge in [-0.05, 0) is 25.0 Å². The fourth-order valence-electron chi connectivity index (χ4n) is 3.80. The smallest absolute Gasteiger partial charge is 0.245 e. The van der Waals surface area contributed by atoms with E-state index in [0.29, 0.717) is 37.9 Å². The minimum Gasteiger partial charge on any atom is -0.497 e. The van der Waals surface area contributed by atoms with Crippen LogP contribution in [-0.2, 0) is 9.53 Å². The number of benzene rings is 1. The molecule has 0 aliphatic carbocycles. The average molecular weight is 398 g/mol. The number of morpholine rings is 1. The fraction of sp³-hybridized carbons (Fsp3) is 0.450. The van der Waals surface area contributed by atoms with Crippen LogP contribution in [0.1, 0.15) is 12.8 Å². The average Bonchev–Trinajstić information content (AvgIpc) is 3.23. The number of rotatable bonds is 5. The third-order valence-corrected chi connectivity index (χ3v) is 5.23. The summed E-state index contributed by atoms with van der Waals surface area (Å²) in [5.74, 6) is 2.27. The van der Waals surface area contributed by atoms with Crippen LogP contribution in [0.4, 0.5) is 23.3 Å². The molecule has 2 aliphatic rings. The quantitative estimate of drug-likeness (QED) is 0.783. The second kappa shape index (κ2) is 8.52. The molecule has 1 atom stereocenters. The minimum absolute atomic E-state index is 0.130. The molecule has 3 heterocycles. The zero-order chi connectivity index (χ0) is 20.2. The van der Waals surface area contributed by atoms with Crippen LogP contribution in [0.5, 0.6) is 5.75 Å². The zero-order valence-corrected chi connectivity index (χ0v) is 16.5. The van der Waals surface area contributed by atoms with E-state index in [1.165, 1.54) is 0 Å². The molecule has 1 aromatic heterocycles. The maximum Gasteiger partial charge on any atom is 0.245 e. The molecular weight excluding hydrogens is 372 g/mol. The van der Waals surface area contributed by atoms with Gasteiger partial charge in [-0.3, -0.25) is 4.79 Å². The Morgan fingerprint density at radius 1 is 1.24 bits per heavy atom. The van der Waals surface area contributed by atoms with Gasteiger partial charge in [0.1, 0.15) is 23.4 Å². The van der Waals surface area contributed by atoms with E-state index in [1.54, 1.807) is 7.11 Å². The Morgan fingerprint density at radius 2 is 2.07 bits per heavy atom. The molecule has 0 radical (unpaired) electrons. The van der Waals surface area contributed by atoms with Crippen LogP contribution in [0.2, 0.25) is 0 Å². The molecule has 0 unspecified atom stereocenters. The summed E-state index contributed by atoms with van der Waals surface area (Å²) in [4.78, 5) is 25.6. The van der Waals surface area contributed by atoms with Crippen LogP contribution in [-0.4, -0.2) is 66.8 Å². The normalized spacial score (nSPS) is 19.3. The SMILES string of the molecule is COc1cccc(Nc2cc(N3CCC[C@H]3C(=O)N3CCOCC3)nc(N)n2)c1. The number of anilines is 4. The molecule has 2 aliphatic heterocycles. The van der Waals surface area contributed by atoms with Gasteiger partial charge in [-0.1, -0.05) is 6.07 Å². The highest BCUT2D eigenvalue weighted by molar-refractivity contribution is 5.86. The highest BCUT2D eigenvalue weighted by atomic mass is 16.5. The first-order valence-electron chi connectivity index (χ1n) is 9.83. The van der Waals surface area contributed by atoms with Crippen molar-refractivity contribution in [2.24, 2.45) is 0 Å². The van der Waals surface area contributed by atoms with Gasteiger partial charge in [-0.2, -0.15) is 9.97 Å². The fourth-order valence-corrected chi connectivity index (χ4v) is 3.80. The van der Waals surface area contributed by atoms with Crippen molar-refractivity contribution in [2.45, 2.75) is 18.9 Å². The first-order chi connectivity index (χ1) is 14.1. The number of nitrogens with two attached hydrogens (primary N) is 1. The van der Waals surface area contributed by atoms with Crippen LogP contribution < -0.4 is 20.7 Å². The summed E-state index contributed by atoms with van der Waals surface area (Å²) in [6.07, 6.45) is 1.74. The highest BCUT2D eigenvalue weighted by Gasteiger charge is 2.35. The molecule has 0 bridgehead atoms. The van der Waals surface area contributed by atoms with Crippen molar-refractivity contribution < 1.29 is 14.3 Å². The number of nitrogens with one attached hydrogen (secondary N) is 1. The summed E-state index contributed by atoms with van der Waals surface area (Å²) in [6, 6.07) is 9.16. The molecule has 1 amide bonds. The van der Waals surface area contributed by atoms with Crippen LogP contribution in [0.25, 0.3) is 0 Å². The third kappa shape index (κ3) is 4.34. The molecule has 154 valence electrons. The van der Waals surface area contributed by atoms with Crippen LogP contribution >= 0.6 is 0 Å². The Balaban J connectivity index is 1.55. The van der Waals surface area contributed by atoms with Gasteiger partial charge in [0, 0.05) is 37.5 Å². The van der Waals surface area contributed by atoms with Crippen LogP contribution in [0.3, 0.4) is 0 Å². The van der Waals surface area contributed by atoms with Gasteiger partial charge in [0.05, 0.1) is 20.3 Å². The van der Waals surface area contributed by atoms with Crippen molar-refractivity contribution in [3.05, 3.63) is 30.3 Å². The monoisotopic (exact) mass is 398 g/mol. The van der Waals surface area contributed by atoms with Gasteiger partial charge >= 0.3 is 0 Å². The molecule has 2 fully saturated rings. The highest BCUT2D eigenvalue weighted by Crippen LogP contribution is 2.29. The Hall–Kier alpha value is -3.07. The number of hydrogen-bond donors (Lipinski definition) is 2. The lowest BCUT2D eigenvalue weighted by Gasteiger charge is -2.33. The molecule has 29 heavy (non-hydrogen) atoms. The Kier molecular flexibility index (Phi) is 5.66. The number of aromatic nitrogens is 2. The van der Waals surface area contributed by atoms with E-state index < -0.39 is 0 Å². The number of carbonyl (C=O) groups excluding carboxylic acids is 1. The maximum absolute atomic E-state index is 13.0. The maximum atomic E-state index is 13.0. The predicted octanol–water partition coefficient (Wildman–Crippen LogP) is 1.64. The lowest BCUT2D eigenvalue weighted by Crippen LogP contribution is -2.50. The molecule has 9 nitrogen and oxygen atoms in total. The van der Waals surface area contributed by atoms with Crippen molar-refractivity contribution in [1.82, 2.24) is 14.9 Å². The van der Waals surface area contributed by atoms with Crippen molar-refractivity contribution in [3.8, 4) is 5.75 Å². The summed E-state index contributed by atoms with van der Waals surface area (Å²) in [7, 11) is 1.62. The van der Waals surface area contributed by atoms with E-state index in [0.717, 1.165) is 30.8 Å². The molecule has 2 aromatic rings. The van der Waals surface area contributed by atoms with Gasteiger partial charge in [-0.25, -0.2) is 0 Å². The standard InChI is InChI=1S/C20H26N6O3/c1-28-15-5-2-4-14(12-15)22-17-13-18(24-20(21)23-17)26-7-3-6-16(26)19(27)25-8-10-29-11-9-25/h2,4-5,12-13,16H,3,6-11H2,1H3,(H3,21,22,23,24)/t16-/m0/s1. The van der Waals surface area contributed by atoms with Crippen molar-refractivity contribution in [1.29, 1.82) is 0 Å². The molecular formula is C20H26N6O3. The molecule has 0 saturated carbocycles. The van der Waals surface area contributed by atoms with Crippen molar-refractivity contribution in [3.63, 3.8) is 0 Å². The number of nitrogen functional groups attached to an aromatic ring is 1. The first-order valence-corrected chi connectivity index (χ1v) is 9.83. The Labute approximate surface area is 169 Å². The molecule has 1 aromatic carbocycles. The minimum atomic E-state index is -0.230. The van der Waals surface area contributed by atoms with E-state index in [1.807, 2.05) is 40.1 Å². The van der Waals surface area contributed by atoms with Crippen molar-refractivity contribution in [2.75, 3.05) is 55.9 Å². The van der Waals surface area contributed by atoms with Gasteiger partial charge in [0.2, 0.25) is 11.9 Å². The predicted molar refractivity (Wildman–Crippen MR) is 110 cm³/mol. The number of hydrogen-bond acceptors (Lipinski definition) is 8. The van der Waals surface area contributed by atoms with Crippen LogP contribution in [0.15, 0.2) is 30.3 Å². The summed E-state index contributed by atoms with van der Waals surface area (Å²) in [5.41, 5.74) is 6.81. The number of nitrogens with zero attached hydrogens (tertiary/aromatic N) is 4. The Bertz CT molecular complexity index is 871. The van der Waals surface area contributed by atoms with Gasteiger partial charge in [0.25, 0.3) is 0 Å². The summed E-state index contributed by atoms with van der Waals surface area (Å²) in [6.45, 7) is 3.21. The number of ether oxygens (including phenoxy) is 2. The third-order valence-electron chi connectivity index (χ3n) is 5.23. The lowest BCUT2D eigenvalue weighted by molar-refractivity contribution is -0.136. The second-order valence-electron chi connectivity index (χ2n) is 7.12. The topological polar surface area (TPSA) is 106 Å². The van der Waals surface area contributed by atoms with Crippen molar-refractivity contribution >= 4 is 29.2 Å². The van der Waals surface area contributed by atoms with E-state index >= 15 is 0 Å². The molecule has 2 saturated heterocycles. The zero-order valence-electron chi connectivity index (χ0n) is 16.5. The summed E-state index contributed by atoms with van der Waals surface area (Å²) in [5, 5.41) is 3.24. The van der Waals surface area contributed by atoms with Gasteiger partial charge in [0.15, 0.2) is 0 Å². The van der Waals surface area contributed by atoms with E-state index in [-0.39, 0.29) is 17.9 Å². The van der Waals surface area contributed by atoms with E-state index in [2.05, 4.69) is 15.3 Å². The van der Waals surface area contributed by atoms with Gasteiger partial charge in [-0.15, -0.1) is 0 Å². The summed E-state index contributed by atoms with van der Waals surface area (Å²) < 4.78 is 10.6. The second-order valence-corrected chi connectivity index (χ2v) is 7.12. The molecule has 0 spiro atoms.